The summed E-state index contributed by atoms with van der Waals surface area (Å²) in [7, 11) is 0. The molecule has 0 bridgehead atoms. The molecule has 2 N–H and O–H groups in total. The topological polar surface area (TPSA) is 78.1 Å². The number of carbonyl (C=O) groups excluding carboxylic acids is 1. The summed E-state index contributed by atoms with van der Waals surface area (Å²) in [4.78, 5) is 21.2. The first-order chi connectivity index (χ1) is 16.4. The lowest BCUT2D eigenvalue weighted by molar-refractivity contribution is -0.121. The first-order valence-electron chi connectivity index (χ1n) is 12.3. The van der Waals surface area contributed by atoms with Crippen LogP contribution >= 0.6 is 0 Å². The Bertz CT molecular complexity index is 1080. The summed E-state index contributed by atoms with van der Waals surface area (Å²) in [5.74, 6) is 2.87. The van der Waals surface area contributed by atoms with Crippen molar-refractivity contribution in [1.29, 1.82) is 0 Å². The van der Waals surface area contributed by atoms with E-state index in [1.165, 1.54) is 6.42 Å². The summed E-state index contributed by atoms with van der Waals surface area (Å²) in [6, 6.07) is 16.5. The van der Waals surface area contributed by atoms with Gasteiger partial charge in [-0.25, -0.2) is 9.97 Å². The molecule has 34 heavy (non-hydrogen) atoms. The molecule has 5 nitrogen and oxygen atoms in total. The number of rotatable bonds is 11. The SMILES string of the molecule is CC(=O)C(Cc1ccc(-c2ncc(-c3ccc(OCCCC(C)C)cc3)cn2)cc1)C1CC1N. The van der Waals surface area contributed by atoms with Gasteiger partial charge in [-0.2, -0.15) is 0 Å². The average molecular weight is 458 g/mol. The monoisotopic (exact) mass is 457 g/mol. The maximum Gasteiger partial charge on any atom is 0.159 e. The highest BCUT2D eigenvalue weighted by molar-refractivity contribution is 5.79. The Morgan fingerprint density at radius 1 is 1.00 bits per heavy atom. The number of ketones is 1. The van der Waals surface area contributed by atoms with Gasteiger partial charge >= 0.3 is 0 Å². The van der Waals surface area contributed by atoms with Gasteiger partial charge in [0.05, 0.1) is 6.61 Å². The summed E-state index contributed by atoms with van der Waals surface area (Å²) >= 11 is 0. The zero-order valence-corrected chi connectivity index (χ0v) is 20.4. The highest BCUT2D eigenvalue weighted by Gasteiger charge is 2.42. The van der Waals surface area contributed by atoms with Crippen LogP contribution in [0.3, 0.4) is 0 Å². The lowest BCUT2D eigenvalue weighted by Crippen LogP contribution is -2.20. The van der Waals surface area contributed by atoms with E-state index in [1.807, 2.05) is 48.8 Å². The Hall–Kier alpha value is -3.05. The van der Waals surface area contributed by atoms with Crippen LogP contribution < -0.4 is 10.5 Å². The number of Topliss-reactive ketones (excluding diaryl/α,β-unsaturated/α-hetero) is 1. The summed E-state index contributed by atoms with van der Waals surface area (Å²) < 4.78 is 5.84. The Morgan fingerprint density at radius 3 is 2.18 bits per heavy atom. The third-order valence-electron chi connectivity index (χ3n) is 6.63. The number of carbonyl (C=O) groups is 1. The van der Waals surface area contributed by atoms with Gasteiger partial charge in [-0.05, 0) is 67.7 Å². The van der Waals surface area contributed by atoms with E-state index in [1.54, 1.807) is 6.92 Å². The van der Waals surface area contributed by atoms with Crippen LogP contribution in [0.25, 0.3) is 22.5 Å². The van der Waals surface area contributed by atoms with Gasteiger partial charge in [0.2, 0.25) is 0 Å². The molecule has 1 fully saturated rings. The molecular formula is C29H35N3O2. The molecule has 3 atom stereocenters. The molecule has 1 aliphatic carbocycles. The molecule has 1 aromatic heterocycles. The van der Waals surface area contributed by atoms with Crippen molar-refractivity contribution in [1.82, 2.24) is 9.97 Å². The van der Waals surface area contributed by atoms with Crippen molar-refractivity contribution in [3.05, 3.63) is 66.5 Å². The second-order valence-electron chi connectivity index (χ2n) is 9.89. The maximum absolute atomic E-state index is 12.0. The van der Waals surface area contributed by atoms with Crippen LogP contribution in [0.2, 0.25) is 0 Å². The lowest BCUT2D eigenvalue weighted by atomic mass is 9.91. The number of hydrogen-bond donors (Lipinski definition) is 1. The number of hydrogen-bond acceptors (Lipinski definition) is 5. The van der Waals surface area contributed by atoms with E-state index in [0.717, 1.165) is 53.9 Å². The highest BCUT2D eigenvalue weighted by atomic mass is 16.5. The van der Waals surface area contributed by atoms with Crippen molar-refractivity contribution >= 4 is 5.78 Å². The Morgan fingerprint density at radius 2 is 1.62 bits per heavy atom. The third kappa shape index (κ3) is 6.29. The van der Waals surface area contributed by atoms with Gasteiger partial charge < -0.3 is 10.5 Å². The normalized spacial score (nSPS) is 18.0. The highest BCUT2D eigenvalue weighted by Crippen LogP contribution is 2.38. The van der Waals surface area contributed by atoms with E-state index in [4.69, 9.17) is 10.5 Å². The van der Waals surface area contributed by atoms with Crippen LogP contribution in [-0.4, -0.2) is 28.4 Å². The van der Waals surface area contributed by atoms with Crippen LogP contribution in [0.1, 0.15) is 45.6 Å². The molecule has 1 heterocycles. The molecule has 5 heteroatoms. The average Bonchev–Trinajstić information content (AvgIpc) is 3.57. The van der Waals surface area contributed by atoms with Crippen molar-refractivity contribution in [3.8, 4) is 28.3 Å². The molecule has 3 unspecified atom stereocenters. The molecular weight excluding hydrogens is 422 g/mol. The molecule has 4 rings (SSSR count). The quantitative estimate of drug-likeness (QED) is 0.373. The number of aromatic nitrogens is 2. The van der Waals surface area contributed by atoms with Gasteiger partial charge in [0.15, 0.2) is 5.82 Å². The van der Waals surface area contributed by atoms with Gasteiger partial charge in [0.25, 0.3) is 0 Å². The first-order valence-corrected chi connectivity index (χ1v) is 12.3. The van der Waals surface area contributed by atoms with Crippen LogP contribution in [0, 0.1) is 17.8 Å². The Kier molecular flexibility index (Phi) is 7.73. The molecule has 3 aromatic rings. The molecule has 0 amide bonds. The molecule has 0 saturated heterocycles. The molecule has 0 aliphatic heterocycles. The van der Waals surface area contributed by atoms with E-state index in [9.17, 15) is 4.79 Å². The van der Waals surface area contributed by atoms with E-state index in [2.05, 4.69) is 35.9 Å². The number of ether oxygens (including phenoxy) is 1. The Labute approximate surface area is 202 Å². The first kappa shape index (κ1) is 24.1. The zero-order chi connectivity index (χ0) is 24.1. The fourth-order valence-corrected chi connectivity index (χ4v) is 4.39. The second kappa shape index (κ2) is 10.9. The lowest BCUT2D eigenvalue weighted by Gasteiger charge is -2.13. The smallest absolute Gasteiger partial charge is 0.159 e. The summed E-state index contributed by atoms with van der Waals surface area (Å²) in [6.07, 6.45) is 7.66. The van der Waals surface area contributed by atoms with Crippen molar-refractivity contribution in [3.63, 3.8) is 0 Å². The molecule has 2 aromatic carbocycles. The van der Waals surface area contributed by atoms with Crippen molar-refractivity contribution < 1.29 is 9.53 Å². The van der Waals surface area contributed by atoms with Gasteiger partial charge in [-0.1, -0.05) is 50.2 Å². The van der Waals surface area contributed by atoms with E-state index in [-0.39, 0.29) is 17.7 Å². The van der Waals surface area contributed by atoms with Gasteiger partial charge in [0.1, 0.15) is 11.5 Å². The molecule has 1 saturated carbocycles. The maximum atomic E-state index is 12.0. The second-order valence-corrected chi connectivity index (χ2v) is 9.89. The summed E-state index contributed by atoms with van der Waals surface area (Å²) in [6.45, 7) is 6.88. The van der Waals surface area contributed by atoms with Gasteiger partial charge in [-0.3, -0.25) is 4.79 Å². The van der Waals surface area contributed by atoms with E-state index in [0.29, 0.717) is 17.7 Å². The summed E-state index contributed by atoms with van der Waals surface area (Å²) in [5.41, 5.74) is 10.1. The molecule has 1 aliphatic rings. The fraction of sp³-hybridized carbons (Fsp3) is 0.414. The van der Waals surface area contributed by atoms with Crippen LogP contribution in [-0.2, 0) is 11.2 Å². The predicted octanol–water partition coefficient (Wildman–Crippen LogP) is 5.72. The largest absolute Gasteiger partial charge is 0.494 e. The van der Waals surface area contributed by atoms with Crippen molar-refractivity contribution in [2.24, 2.45) is 23.5 Å². The Balaban J connectivity index is 1.35. The van der Waals surface area contributed by atoms with Crippen LogP contribution in [0.4, 0.5) is 0 Å². The molecule has 0 radical (unpaired) electrons. The van der Waals surface area contributed by atoms with Gasteiger partial charge in [0, 0.05) is 35.5 Å². The minimum atomic E-state index is 0.0215. The minimum Gasteiger partial charge on any atom is -0.494 e. The zero-order valence-electron chi connectivity index (χ0n) is 20.4. The van der Waals surface area contributed by atoms with Crippen LogP contribution in [0.15, 0.2) is 60.9 Å². The van der Waals surface area contributed by atoms with E-state index < -0.39 is 0 Å². The molecule has 178 valence electrons. The standard InChI is InChI=1S/C29H35N3O2/c1-19(2)5-4-14-34-25-12-10-22(11-13-25)24-17-31-29(32-18-24)23-8-6-21(7-9-23)15-26(20(3)33)27-16-28(27)30/h6-13,17-19,26-28H,4-5,14-16,30H2,1-3H3. The number of nitrogens with two attached hydrogens (primary N) is 1. The third-order valence-corrected chi connectivity index (χ3v) is 6.63. The van der Waals surface area contributed by atoms with E-state index >= 15 is 0 Å². The van der Waals surface area contributed by atoms with Crippen molar-refractivity contribution in [2.75, 3.05) is 6.61 Å². The van der Waals surface area contributed by atoms with Crippen molar-refractivity contribution in [2.45, 2.75) is 52.5 Å². The molecule has 0 spiro atoms. The van der Waals surface area contributed by atoms with Gasteiger partial charge in [-0.15, -0.1) is 0 Å². The summed E-state index contributed by atoms with van der Waals surface area (Å²) in [5, 5.41) is 0. The van der Waals surface area contributed by atoms with Crippen LogP contribution in [0.5, 0.6) is 5.75 Å². The fourth-order valence-electron chi connectivity index (χ4n) is 4.39. The predicted molar refractivity (Wildman–Crippen MR) is 136 cm³/mol. The number of nitrogens with zero attached hydrogens (tertiary/aromatic N) is 2. The number of benzene rings is 2. The minimum absolute atomic E-state index is 0.0215.